The summed E-state index contributed by atoms with van der Waals surface area (Å²) in [6.45, 7) is 3.33. The number of aryl methyl sites for hydroxylation is 1. The fraction of sp³-hybridized carbons (Fsp3) is 0.680. The van der Waals surface area contributed by atoms with Gasteiger partial charge in [-0.1, -0.05) is 17.7 Å². The van der Waals surface area contributed by atoms with E-state index in [0.29, 0.717) is 29.8 Å². The molecule has 3 unspecified atom stereocenters. The highest BCUT2D eigenvalue weighted by molar-refractivity contribution is 7.89. The fourth-order valence-electron chi connectivity index (χ4n) is 7.48. The first kappa shape index (κ1) is 22.8. The largest absolute Gasteiger partial charge is 0.326 e. The zero-order valence-electron chi connectivity index (χ0n) is 19.3. The Balaban J connectivity index is 1.27. The normalized spacial score (nSPS) is 35.0. The average molecular weight is 471 g/mol. The van der Waals surface area contributed by atoms with Gasteiger partial charge in [0, 0.05) is 18.6 Å². The van der Waals surface area contributed by atoms with Crippen LogP contribution in [-0.2, 0) is 14.8 Å². The van der Waals surface area contributed by atoms with Crippen molar-refractivity contribution in [3.63, 3.8) is 0 Å². The van der Waals surface area contributed by atoms with Crippen LogP contribution in [0.15, 0.2) is 29.2 Å². The van der Waals surface area contributed by atoms with Crippen molar-refractivity contribution in [2.45, 2.75) is 74.8 Å². The zero-order valence-corrected chi connectivity index (χ0v) is 20.2. The predicted octanol–water partition coefficient (Wildman–Crippen LogP) is 2.72. The Morgan fingerprint density at radius 2 is 1.88 bits per heavy atom. The van der Waals surface area contributed by atoms with Crippen LogP contribution < -0.4 is 10.0 Å². The van der Waals surface area contributed by atoms with Gasteiger partial charge in [-0.05, 0) is 87.7 Å². The summed E-state index contributed by atoms with van der Waals surface area (Å²) >= 11 is 0. The molecule has 7 nitrogen and oxygen atoms in total. The lowest BCUT2D eigenvalue weighted by atomic mass is 9.47. The Bertz CT molecular complexity index is 1050. The summed E-state index contributed by atoms with van der Waals surface area (Å²) < 4.78 is 28.8. The molecule has 3 atom stereocenters. The quantitative estimate of drug-likeness (QED) is 0.638. The van der Waals surface area contributed by atoms with E-state index >= 15 is 0 Å². The van der Waals surface area contributed by atoms with Crippen molar-refractivity contribution in [2.24, 2.45) is 17.3 Å². The molecule has 4 aliphatic carbocycles. The van der Waals surface area contributed by atoms with Crippen molar-refractivity contribution < 1.29 is 13.2 Å². The third-order valence-corrected chi connectivity index (χ3v) is 9.90. The number of nitriles is 1. The molecular weight excluding hydrogens is 436 g/mol. The number of sulfonamides is 1. The van der Waals surface area contributed by atoms with Crippen molar-refractivity contribution in [2.75, 3.05) is 19.6 Å². The lowest BCUT2D eigenvalue weighted by Gasteiger charge is -2.62. The van der Waals surface area contributed by atoms with Crippen LogP contribution in [0.25, 0.3) is 0 Å². The van der Waals surface area contributed by atoms with Gasteiger partial charge in [-0.25, -0.2) is 13.1 Å². The van der Waals surface area contributed by atoms with Crippen LogP contribution in [0, 0.1) is 35.5 Å². The van der Waals surface area contributed by atoms with Gasteiger partial charge in [-0.15, -0.1) is 0 Å². The third kappa shape index (κ3) is 4.43. The average Bonchev–Trinajstić information content (AvgIpc) is 3.25. The number of rotatable bonds is 7. The lowest BCUT2D eigenvalue weighted by molar-refractivity contribution is -0.132. The van der Waals surface area contributed by atoms with Gasteiger partial charge in [0.1, 0.15) is 6.04 Å². The van der Waals surface area contributed by atoms with Crippen LogP contribution in [0.2, 0.25) is 0 Å². The topological polar surface area (TPSA) is 102 Å². The number of nitrogens with zero attached hydrogens (tertiary/aromatic N) is 2. The lowest BCUT2D eigenvalue weighted by Crippen LogP contribution is -2.64. The van der Waals surface area contributed by atoms with Crippen LogP contribution in [0.1, 0.15) is 56.9 Å². The number of nitrogens with one attached hydrogen (secondary N) is 2. The van der Waals surface area contributed by atoms with Crippen LogP contribution in [0.5, 0.6) is 0 Å². The zero-order chi connectivity index (χ0) is 23.3. The van der Waals surface area contributed by atoms with E-state index in [4.69, 9.17) is 0 Å². The van der Waals surface area contributed by atoms with E-state index in [1.807, 2.05) is 19.1 Å². The first-order chi connectivity index (χ1) is 15.7. The van der Waals surface area contributed by atoms with Gasteiger partial charge in [0.2, 0.25) is 15.9 Å². The van der Waals surface area contributed by atoms with Gasteiger partial charge < -0.3 is 10.2 Å². The van der Waals surface area contributed by atoms with Crippen LogP contribution in [0.4, 0.5) is 0 Å². The number of hydrogen-bond acceptors (Lipinski definition) is 5. The highest BCUT2D eigenvalue weighted by atomic mass is 32.2. The number of carbonyl (C=O) groups is 1. The van der Waals surface area contributed by atoms with Crippen molar-refractivity contribution in [1.29, 1.82) is 5.26 Å². The van der Waals surface area contributed by atoms with Crippen molar-refractivity contribution in [1.82, 2.24) is 14.9 Å². The van der Waals surface area contributed by atoms with E-state index in [2.05, 4.69) is 16.1 Å². The summed E-state index contributed by atoms with van der Waals surface area (Å²) in [4.78, 5) is 14.9. The Morgan fingerprint density at radius 1 is 1.18 bits per heavy atom. The highest BCUT2D eigenvalue weighted by Gasteiger charge is 2.57. The predicted molar refractivity (Wildman–Crippen MR) is 125 cm³/mol. The maximum atomic E-state index is 12.9. The molecule has 0 radical (unpaired) electrons. The second-order valence-corrected chi connectivity index (χ2v) is 12.9. The molecule has 2 N–H and O–H groups in total. The molecule has 0 spiro atoms. The standard InChI is InChI=1S/C25H34N4O3S/c1-18-4-6-22(7-5-18)33(31,32)28-17-24-10-19-9-20(11-24)13-25(12-19,16-24)27-15-23(30)29-8-2-3-21(29)14-26/h4-7,19-21,27-28H,2-3,8-13,15-17H2,1H3. The van der Waals surface area contributed by atoms with Gasteiger partial charge >= 0.3 is 0 Å². The number of hydrogen-bond donors (Lipinski definition) is 2. The smallest absolute Gasteiger partial charge is 0.240 e. The summed E-state index contributed by atoms with van der Waals surface area (Å²) in [5.74, 6) is 1.18. The van der Waals surface area contributed by atoms with Crippen molar-refractivity contribution >= 4 is 15.9 Å². The minimum absolute atomic E-state index is 0.0175. The molecule has 8 heteroatoms. The second kappa shape index (κ2) is 8.37. The summed E-state index contributed by atoms with van der Waals surface area (Å²) in [6, 6.07) is 8.94. The monoisotopic (exact) mass is 470 g/mol. The molecule has 4 saturated carbocycles. The van der Waals surface area contributed by atoms with E-state index in [0.717, 1.165) is 50.5 Å². The summed E-state index contributed by atoms with van der Waals surface area (Å²) in [7, 11) is -3.55. The van der Waals surface area contributed by atoms with E-state index in [1.54, 1.807) is 17.0 Å². The molecule has 178 valence electrons. The minimum atomic E-state index is -3.55. The molecule has 1 aromatic rings. The molecule has 5 aliphatic rings. The molecule has 4 bridgehead atoms. The Labute approximate surface area is 197 Å². The van der Waals surface area contributed by atoms with E-state index in [9.17, 15) is 18.5 Å². The molecule has 33 heavy (non-hydrogen) atoms. The molecule has 1 aromatic carbocycles. The summed E-state index contributed by atoms with van der Waals surface area (Å²) in [5.41, 5.74) is 0.880. The molecule has 5 fully saturated rings. The highest BCUT2D eigenvalue weighted by Crippen LogP contribution is 2.61. The SMILES string of the molecule is Cc1ccc(S(=O)(=O)NCC23CC4CC(C2)CC(NCC(=O)N2CCCC2C#N)(C4)C3)cc1. The van der Waals surface area contributed by atoms with E-state index in [-0.39, 0.29) is 29.4 Å². The van der Waals surface area contributed by atoms with E-state index in [1.165, 1.54) is 6.42 Å². The molecule has 1 aliphatic heterocycles. The number of carbonyl (C=O) groups excluding carboxylic acids is 1. The van der Waals surface area contributed by atoms with E-state index < -0.39 is 10.0 Å². The number of benzene rings is 1. The first-order valence-electron chi connectivity index (χ1n) is 12.2. The van der Waals surface area contributed by atoms with Gasteiger partial charge in [-0.3, -0.25) is 4.79 Å². The van der Waals surface area contributed by atoms with Gasteiger partial charge in [0.15, 0.2) is 0 Å². The molecular formula is C25H34N4O3S. The van der Waals surface area contributed by atoms with Gasteiger partial charge in [0.25, 0.3) is 0 Å². The third-order valence-electron chi connectivity index (χ3n) is 8.49. The number of amides is 1. The van der Waals surface area contributed by atoms with Crippen molar-refractivity contribution in [3.05, 3.63) is 29.8 Å². The molecule has 1 amide bonds. The molecule has 1 heterocycles. The Kier molecular flexibility index (Phi) is 5.79. The van der Waals surface area contributed by atoms with Crippen LogP contribution in [0.3, 0.4) is 0 Å². The second-order valence-electron chi connectivity index (χ2n) is 11.1. The summed E-state index contributed by atoms with van der Waals surface area (Å²) in [6.07, 6.45) is 8.01. The minimum Gasteiger partial charge on any atom is -0.326 e. The van der Waals surface area contributed by atoms with Crippen LogP contribution in [-0.4, -0.2) is 50.4 Å². The number of likely N-dealkylation sites (tertiary alicyclic amines) is 1. The fourth-order valence-corrected chi connectivity index (χ4v) is 8.64. The van der Waals surface area contributed by atoms with Crippen LogP contribution >= 0.6 is 0 Å². The van der Waals surface area contributed by atoms with Gasteiger partial charge in [-0.2, -0.15) is 5.26 Å². The van der Waals surface area contributed by atoms with Crippen molar-refractivity contribution in [3.8, 4) is 6.07 Å². The Morgan fingerprint density at radius 3 is 2.55 bits per heavy atom. The first-order valence-corrected chi connectivity index (χ1v) is 13.7. The summed E-state index contributed by atoms with van der Waals surface area (Å²) in [5, 5.41) is 12.9. The maximum absolute atomic E-state index is 12.9. The maximum Gasteiger partial charge on any atom is 0.240 e. The molecule has 1 saturated heterocycles. The van der Waals surface area contributed by atoms with Gasteiger partial charge in [0.05, 0.1) is 17.5 Å². The molecule has 0 aromatic heterocycles. The molecule has 6 rings (SSSR count). The Hall–Kier alpha value is -1.95.